The number of ether oxygens (including phenoxy) is 2. The second kappa shape index (κ2) is 9.46. The summed E-state index contributed by atoms with van der Waals surface area (Å²) in [6.07, 6.45) is 0.930. The molecule has 0 aliphatic heterocycles. The molecule has 1 aliphatic rings. The Kier molecular flexibility index (Phi) is 7.01. The van der Waals surface area contributed by atoms with Gasteiger partial charge < -0.3 is 9.47 Å². The highest BCUT2D eigenvalue weighted by Crippen LogP contribution is 2.38. The van der Waals surface area contributed by atoms with Crippen molar-refractivity contribution in [3.05, 3.63) is 71.8 Å². The van der Waals surface area contributed by atoms with Gasteiger partial charge in [-0.15, -0.1) is 0 Å². The highest BCUT2D eigenvalue weighted by molar-refractivity contribution is 7.86. The maximum atomic E-state index is 11.3. The van der Waals surface area contributed by atoms with E-state index in [1.54, 1.807) is 0 Å². The maximum Gasteiger partial charge on any atom is 0.267 e. The summed E-state index contributed by atoms with van der Waals surface area (Å²) in [6, 6.07) is 19.9. The number of benzene rings is 2. The lowest BCUT2D eigenvalue weighted by Gasteiger charge is -2.38. The first-order chi connectivity index (χ1) is 13.0. The third-order valence-corrected chi connectivity index (χ3v) is 6.33. The van der Waals surface area contributed by atoms with Gasteiger partial charge in [-0.1, -0.05) is 60.7 Å². The van der Waals surface area contributed by atoms with Gasteiger partial charge in [0, 0.05) is 5.92 Å². The molecule has 0 radical (unpaired) electrons. The minimum Gasteiger partial charge on any atom is -0.376 e. The zero-order valence-electron chi connectivity index (χ0n) is 15.2. The Labute approximate surface area is 161 Å². The molecule has 2 aromatic rings. The standard InChI is InChI=1S/C21H26O5S/c22-27(23,24)21-11-19(12-21)20(15-25-13-17-7-3-1-4-8-17)16-26-14-18-9-5-2-6-10-18/h1-10,19-21H,11-16H2,(H,22,23,24). The van der Waals surface area contributed by atoms with Gasteiger partial charge in [-0.3, -0.25) is 4.55 Å². The first-order valence-corrected chi connectivity index (χ1v) is 10.7. The van der Waals surface area contributed by atoms with Crippen molar-refractivity contribution in [2.45, 2.75) is 31.3 Å². The van der Waals surface area contributed by atoms with Crippen LogP contribution in [0, 0.1) is 11.8 Å². The second-order valence-electron chi connectivity index (χ2n) is 7.13. The van der Waals surface area contributed by atoms with Crippen LogP contribution in [0.4, 0.5) is 0 Å². The largest absolute Gasteiger partial charge is 0.376 e. The Bertz CT molecular complexity index is 740. The third kappa shape index (κ3) is 6.14. The number of hydrogen-bond acceptors (Lipinski definition) is 4. The molecular weight excluding hydrogens is 364 g/mol. The van der Waals surface area contributed by atoms with E-state index >= 15 is 0 Å². The van der Waals surface area contributed by atoms with Gasteiger partial charge in [0.05, 0.1) is 31.7 Å². The van der Waals surface area contributed by atoms with E-state index in [0.29, 0.717) is 39.3 Å². The number of hydrogen-bond donors (Lipinski definition) is 1. The Morgan fingerprint density at radius 2 is 1.30 bits per heavy atom. The first-order valence-electron chi connectivity index (χ1n) is 9.22. The van der Waals surface area contributed by atoms with E-state index in [2.05, 4.69) is 0 Å². The van der Waals surface area contributed by atoms with Crippen LogP contribution >= 0.6 is 0 Å². The van der Waals surface area contributed by atoms with E-state index < -0.39 is 15.4 Å². The molecule has 1 N–H and O–H groups in total. The fourth-order valence-electron chi connectivity index (χ4n) is 3.36. The molecule has 1 aliphatic carbocycles. The van der Waals surface area contributed by atoms with Crippen molar-refractivity contribution in [3.63, 3.8) is 0 Å². The Hall–Kier alpha value is -1.73. The van der Waals surface area contributed by atoms with Gasteiger partial charge in [-0.25, -0.2) is 0 Å². The second-order valence-corrected chi connectivity index (χ2v) is 8.83. The van der Waals surface area contributed by atoms with Crippen LogP contribution in [0.5, 0.6) is 0 Å². The van der Waals surface area contributed by atoms with Gasteiger partial charge in [-0.2, -0.15) is 8.42 Å². The molecule has 146 valence electrons. The van der Waals surface area contributed by atoms with E-state index in [1.165, 1.54) is 0 Å². The van der Waals surface area contributed by atoms with Gasteiger partial charge >= 0.3 is 0 Å². The van der Waals surface area contributed by atoms with Gasteiger partial charge in [0.25, 0.3) is 10.1 Å². The fraction of sp³-hybridized carbons (Fsp3) is 0.429. The molecule has 2 aromatic carbocycles. The molecule has 1 saturated carbocycles. The summed E-state index contributed by atoms with van der Waals surface area (Å²) in [4.78, 5) is 0. The van der Waals surface area contributed by atoms with E-state index in [-0.39, 0.29) is 11.8 Å². The molecule has 0 spiro atoms. The van der Waals surface area contributed by atoms with Crippen LogP contribution in [0.3, 0.4) is 0 Å². The summed E-state index contributed by atoms with van der Waals surface area (Å²) < 4.78 is 43.5. The molecule has 1 fully saturated rings. The Morgan fingerprint density at radius 3 is 1.70 bits per heavy atom. The van der Waals surface area contributed by atoms with Crippen molar-refractivity contribution in [1.82, 2.24) is 0 Å². The summed E-state index contributed by atoms with van der Waals surface area (Å²) in [5.74, 6) is 0.291. The van der Waals surface area contributed by atoms with Crippen molar-refractivity contribution in [2.75, 3.05) is 13.2 Å². The van der Waals surface area contributed by atoms with Crippen LogP contribution < -0.4 is 0 Å². The molecule has 3 rings (SSSR count). The lowest BCUT2D eigenvalue weighted by atomic mass is 9.76. The SMILES string of the molecule is O=S(=O)(O)C1CC(C(COCc2ccccc2)COCc2ccccc2)C1. The van der Waals surface area contributed by atoms with Crippen LogP contribution in [0.25, 0.3) is 0 Å². The third-order valence-electron chi connectivity index (χ3n) is 5.11. The average molecular weight is 391 g/mol. The monoisotopic (exact) mass is 390 g/mol. The van der Waals surface area contributed by atoms with Crippen LogP contribution in [0.15, 0.2) is 60.7 Å². The molecule has 0 heterocycles. The zero-order chi connectivity index (χ0) is 19.1. The van der Waals surface area contributed by atoms with Crippen LogP contribution in [0.1, 0.15) is 24.0 Å². The van der Waals surface area contributed by atoms with Gasteiger partial charge in [0.2, 0.25) is 0 Å². The molecule has 0 bridgehead atoms. The average Bonchev–Trinajstić information content (AvgIpc) is 2.61. The molecule has 0 amide bonds. The van der Waals surface area contributed by atoms with Crippen molar-refractivity contribution in [1.29, 1.82) is 0 Å². The van der Waals surface area contributed by atoms with E-state index in [4.69, 9.17) is 9.47 Å². The first kappa shape index (κ1) is 20.0. The number of rotatable bonds is 10. The van der Waals surface area contributed by atoms with Crippen LogP contribution in [0.2, 0.25) is 0 Å². The molecular formula is C21H26O5S. The Morgan fingerprint density at radius 1 is 0.852 bits per heavy atom. The summed E-state index contributed by atoms with van der Waals surface area (Å²) in [5, 5.41) is -0.645. The van der Waals surface area contributed by atoms with Crippen molar-refractivity contribution in [3.8, 4) is 0 Å². The summed E-state index contributed by atoms with van der Waals surface area (Å²) in [5.41, 5.74) is 2.21. The predicted octanol–water partition coefficient (Wildman–Crippen LogP) is 3.70. The van der Waals surface area contributed by atoms with Crippen molar-refractivity contribution in [2.24, 2.45) is 11.8 Å². The Balaban J connectivity index is 1.50. The fourth-order valence-corrected chi connectivity index (χ4v) is 4.34. The van der Waals surface area contributed by atoms with E-state index in [9.17, 15) is 13.0 Å². The smallest absolute Gasteiger partial charge is 0.267 e. The van der Waals surface area contributed by atoms with Crippen LogP contribution in [-0.4, -0.2) is 31.4 Å². The molecule has 0 saturated heterocycles. The lowest BCUT2D eigenvalue weighted by Crippen LogP contribution is -2.42. The quantitative estimate of drug-likeness (QED) is 0.626. The molecule has 0 atom stereocenters. The molecule has 0 aromatic heterocycles. The molecule has 5 nitrogen and oxygen atoms in total. The van der Waals surface area contributed by atoms with Crippen molar-refractivity contribution >= 4 is 10.1 Å². The summed E-state index contributed by atoms with van der Waals surface area (Å²) in [7, 11) is -3.94. The molecule has 27 heavy (non-hydrogen) atoms. The highest BCUT2D eigenvalue weighted by Gasteiger charge is 2.41. The topological polar surface area (TPSA) is 72.8 Å². The summed E-state index contributed by atoms with van der Waals surface area (Å²) in [6.45, 7) is 2.05. The minimum absolute atomic E-state index is 0.107. The predicted molar refractivity (Wildman–Crippen MR) is 104 cm³/mol. The zero-order valence-corrected chi connectivity index (χ0v) is 16.1. The van der Waals surface area contributed by atoms with Gasteiger partial charge in [-0.05, 0) is 29.9 Å². The lowest BCUT2D eigenvalue weighted by molar-refractivity contribution is -0.0114. The highest BCUT2D eigenvalue weighted by atomic mass is 32.2. The maximum absolute atomic E-state index is 11.3. The van der Waals surface area contributed by atoms with E-state index in [0.717, 1.165) is 11.1 Å². The van der Waals surface area contributed by atoms with Gasteiger partial charge in [0.15, 0.2) is 0 Å². The normalized spacial score (nSPS) is 19.8. The van der Waals surface area contributed by atoms with E-state index in [1.807, 2.05) is 60.7 Å². The molecule has 0 unspecified atom stereocenters. The molecule has 6 heteroatoms. The summed E-state index contributed by atoms with van der Waals surface area (Å²) >= 11 is 0. The van der Waals surface area contributed by atoms with Crippen molar-refractivity contribution < 1.29 is 22.4 Å². The van der Waals surface area contributed by atoms with Crippen LogP contribution in [-0.2, 0) is 32.8 Å². The van der Waals surface area contributed by atoms with Gasteiger partial charge in [0.1, 0.15) is 0 Å². The minimum atomic E-state index is -3.94.